The van der Waals surface area contributed by atoms with E-state index in [1.54, 1.807) is 12.1 Å². The van der Waals surface area contributed by atoms with Gasteiger partial charge in [-0.1, -0.05) is 16.8 Å². The van der Waals surface area contributed by atoms with Gasteiger partial charge in [-0.2, -0.15) is 0 Å². The predicted octanol–water partition coefficient (Wildman–Crippen LogP) is 2.71. The molecule has 0 bridgehead atoms. The molecule has 1 heterocycles. The molecule has 0 saturated carbocycles. The third-order valence-electron chi connectivity index (χ3n) is 2.47. The van der Waals surface area contributed by atoms with Crippen LogP contribution in [0.5, 0.6) is 11.5 Å². The Bertz CT molecular complexity index is 623. The van der Waals surface area contributed by atoms with Crippen LogP contribution in [0.15, 0.2) is 22.7 Å². The first-order valence-electron chi connectivity index (χ1n) is 5.19. The zero-order valence-electron chi connectivity index (χ0n) is 10.1. The minimum Gasteiger partial charge on any atom is -0.492 e. The molecule has 1 aromatic carbocycles. The van der Waals surface area contributed by atoms with Crippen molar-refractivity contribution in [2.24, 2.45) is 0 Å². The van der Waals surface area contributed by atoms with E-state index in [2.05, 4.69) is 5.16 Å². The second kappa shape index (κ2) is 5.19. The van der Waals surface area contributed by atoms with Gasteiger partial charge in [0.1, 0.15) is 0 Å². The van der Waals surface area contributed by atoms with E-state index in [-0.39, 0.29) is 11.5 Å². The first-order valence-corrected chi connectivity index (χ1v) is 5.57. The van der Waals surface area contributed by atoms with Gasteiger partial charge in [0.25, 0.3) is 0 Å². The first kappa shape index (κ1) is 13.2. The Morgan fingerprint density at radius 1 is 1.32 bits per heavy atom. The van der Waals surface area contributed by atoms with Gasteiger partial charge in [-0.05, 0) is 12.1 Å². The third kappa shape index (κ3) is 2.34. The highest BCUT2D eigenvalue weighted by atomic mass is 35.5. The summed E-state index contributed by atoms with van der Waals surface area (Å²) in [6.07, 6.45) is 0. The third-order valence-corrected chi connectivity index (χ3v) is 2.76. The molecule has 0 atom stereocenters. The fourth-order valence-electron chi connectivity index (χ4n) is 1.63. The Kier molecular flexibility index (Phi) is 3.62. The normalized spacial score (nSPS) is 10.3. The van der Waals surface area contributed by atoms with Gasteiger partial charge in [0.2, 0.25) is 0 Å². The van der Waals surface area contributed by atoms with Crippen LogP contribution in [-0.4, -0.2) is 30.5 Å². The number of aromatic nitrogens is 1. The van der Waals surface area contributed by atoms with Crippen molar-refractivity contribution < 1.29 is 23.9 Å². The molecule has 7 heteroatoms. The summed E-state index contributed by atoms with van der Waals surface area (Å²) in [5, 5.41) is 12.6. The second-order valence-corrected chi connectivity index (χ2v) is 3.95. The molecule has 0 spiro atoms. The summed E-state index contributed by atoms with van der Waals surface area (Å²) in [4.78, 5) is 10.8. The maximum absolute atomic E-state index is 10.8. The number of rotatable bonds is 4. The summed E-state index contributed by atoms with van der Waals surface area (Å²) in [6.45, 7) is 0. The number of nitrogens with zero attached hydrogens (tertiary/aromatic N) is 1. The van der Waals surface area contributed by atoms with E-state index in [9.17, 15) is 4.79 Å². The van der Waals surface area contributed by atoms with Crippen molar-refractivity contribution in [3.63, 3.8) is 0 Å². The fourth-order valence-corrected chi connectivity index (χ4v) is 1.85. The zero-order valence-corrected chi connectivity index (χ0v) is 10.9. The van der Waals surface area contributed by atoms with Crippen LogP contribution in [0.2, 0.25) is 5.02 Å². The Morgan fingerprint density at radius 3 is 2.53 bits per heavy atom. The number of ether oxygens (including phenoxy) is 2. The van der Waals surface area contributed by atoms with Crippen molar-refractivity contribution in [1.82, 2.24) is 5.16 Å². The van der Waals surface area contributed by atoms with Crippen LogP contribution in [0.1, 0.15) is 10.5 Å². The van der Waals surface area contributed by atoms with Crippen LogP contribution in [-0.2, 0) is 0 Å². The number of halogens is 1. The molecule has 0 aliphatic rings. The largest absolute Gasteiger partial charge is 0.492 e. The average molecular weight is 284 g/mol. The monoisotopic (exact) mass is 283 g/mol. The van der Waals surface area contributed by atoms with Crippen LogP contribution in [0, 0.1) is 0 Å². The summed E-state index contributed by atoms with van der Waals surface area (Å²) in [5.41, 5.74) is 0.315. The minimum absolute atomic E-state index is 0.189. The average Bonchev–Trinajstić information content (AvgIpc) is 2.87. The van der Waals surface area contributed by atoms with Crippen LogP contribution in [0.25, 0.3) is 11.3 Å². The lowest BCUT2D eigenvalue weighted by Gasteiger charge is -2.12. The van der Waals surface area contributed by atoms with Gasteiger partial charge in [-0.15, -0.1) is 0 Å². The van der Waals surface area contributed by atoms with E-state index < -0.39 is 5.97 Å². The van der Waals surface area contributed by atoms with Crippen LogP contribution < -0.4 is 9.47 Å². The molecule has 2 aromatic rings. The van der Waals surface area contributed by atoms with Crippen LogP contribution in [0.3, 0.4) is 0 Å². The molecule has 0 fully saturated rings. The molecule has 100 valence electrons. The Balaban J connectivity index is 2.58. The molecule has 19 heavy (non-hydrogen) atoms. The van der Waals surface area contributed by atoms with E-state index in [4.69, 9.17) is 30.7 Å². The predicted molar refractivity (Wildman–Crippen MR) is 67.0 cm³/mol. The quantitative estimate of drug-likeness (QED) is 0.929. The lowest BCUT2D eigenvalue weighted by molar-refractivity contribution is 0.0686. The number of methoxy groups -OCH3 is 2. The van der Waals surface area contributed by atoms with E-state index >= 15 is 0 Å². The Morgan fingerprint density at radius 2 is 2.00 bits per heavy atom. The van der Waals surface area contributed by atoms with Gasteiger partial charge in [-0.25, -0.2) is 4.79 Å². The molecule has 0 unspecified atom stereocenters. The summed E-state index contributed by atoms with van der Waals surface area (Å²) in [7, 11) is 2.91. The van der Waals surface area contributed by atoms with Gasteiger partial charge in [-0.3, -0.25) is 0 Å². The van der Waals surface area contributed by atoms with Gasteiger partial charge in [0.15, 0.2) is 23.0 Å². The van der Waals surface area contributed by atoms with Crippen molar-refractivity contribution >= 4 is 17.6 Å². The fraction of sp³-hybridized carbons (Fsp3) is 0.167. The highest BCUT2D eigenvalue weighted by molar-refractivity contribution is 6.32. The van der Waals surface area contributed by atoms with Crippen molar-refractivity contribution in [3.05, 3.63) is 28.9 Å². The number of hydrogen-bond donors (Lipinski definition) is 1. The molecule has 0 amide bonds. The first-order chi connectivity index (χ1) is 9.08. The second-order valence-electron chi connectivity index (χ2n) is 3.54. The molecule has 0 aliphatic carbocycles. The Hall–Kier alpha value is -2.21. The molecule has 0 saturated heterocycles. The maximum atomic E-state index is 10.8. The highest BCUT2D eigenvalue weighted by Crippen LogP contribution is 2.42. The number of carboxylic acid groups (broad SMARTS) is 1. The zero-order chi connectivity index (χ0) is 14.0. The Labute approximate surface area is 113 Å². The standard InChI is InChI=1S/C12H10ClNO5/c1-17-10-6(3-4-7(13)11(10)18-2)9-5-8(12(15)16)14-19-9/h3-5H,1-2H3,(H,15,16). The van der Waals surface area contributed by atoms with Gasteiger partial charge >= 0.3 is 5.97 Å². The van der Waals surface area contributed by atoms with Crippen LogP contribution >= 0.6 is 11.6 Å². The van der Waals surface area contributed by atoms with Crippen molar-refractivity contribution in [2.75, 3.05) is 14.2 Å². The van der Waals surface area contributed by atoms with Crippen molar-refractivity contribution in [3.8, 4) is 22.8 Å². The summed E-state index contributed by atoms with van der Waals surface area (Å²) in [5.74, 6) is -0.225. The van der Waals surface area contributed by atoms with E-state index in [1.807, 2.05) is 0 Å². The topological polar surface area (TPSA) is 81.8 Å². The number of hydrogen-bond acceptors (Lipinski definition) is 5. The van der Waals surface area contributed by atoms with E-state index in [0.29, 0.717) is 22.1 Å². The number of aromatic carboxylic acids is 1. The molecule has 6 nitrogen and oxygen atoms in total. The number of benzene rings is 1. The van der Waals surface area contributed by atoms with Gasteiger partial charge in [0.05, 0.1) is 24.8 Å². The molecule has 0 radical (unpaired) electrons. The number of carboxylic acids is 1. The number of carbonyl (C=O) groups is 1. The van der Waals surface area contributed by atoms with E-state index in [0.717, 1.165) is 0 Å². The summed E-state index contributed by atoms with van der Waals surface area (Å²) in [6, 6.07) is 4.53. The lowest BCUT2D eigenvalue weighted by atomic mass is 10.1. The maximum Gasteiger partial charge on any atom is 0.358 e. The highest BCUT2D eigenvalue weighted by Gasteiger charge is 2.20. The molecular formula is C12H10ClNO5. The smallest absolute Gasteiger partial charge is 0.358 e. The van der Waals surface area contributed by atoms with Crippen LogP contribution in [0.4, 0.5) is 0 Å². The van der Waals surface area contributed by atoms with Crippen molar-refractivity contribution in [2.45, 2.75) is 0 Å². The lowest BCUT2D eigenvalue weighted by Crippen LogP contribution is -1.95. The van der Waals surface area contributed by atoms with Gasteiger partial charge in [0, 0.05) is 6.07 Å². The molecular weight excluding hydrogens is 274 g/mol. The molecule has 1 aromatic heterocycles. The van der Waals surface area contributed by atoms with Gasteiger partial charge < -0.3 is 19.1 Å². The SMILES string of the molecule is COc1c(Cl)ccc(-c2cc(C(=O)O)no2)c1OC. The summed E-state index contributed by atoms with van der Waals surface area (Å²) < 4.78 is 15.4. The molecule has 0 aliphatic heterocycles. The molecule has 1 N–H and O–H groups in total. The van der Waals surface area contributed by atoms with Crippen molar-refractivity contribution in [1.29, 1.82) is 0 Å². The minimum atomic E-state index is -1.17. The van der Waals surface area contributed by atoms with E-state index in [1.165, 1.54) is 20.3 Å². The molecule has 2 rings (SSSR count). The summed E-state index contributed by atoms with van der Waals surface area (Å²) >= 11 is 5.98.